The normalized spacial score (nSPS) is 11.0. The fourth-order valence-corrected chi connectivity index (χ4v) is 1.82. The third-order valence-corrected chi connectivity index (χ3v) is 2.85. The van der Waals surface area contributed by atoms with Crippen molar-refractivity contribution in [2.24, 2.45) is 0 Å². The number of carbonyl (C=O) groups excluding carboxylic acids is 1. The molecule has 0 bridgehead atoms. The predicted octanol–water partition coefficient (Wildman–Crippen LogP) is 2.58. The number of benzene rings is 2. The van der Waals surface area contributed by atoms with Crippen LogP contribution in [0.4, 0.5) is 0 Å². The Morgan fingerprint density at radius 2 is 1.95 bits per heavy atom. The van der Waals surface area contributed by atoms with Crippen LogP contribution in [0.2, 0.25) is 0 Å². The molecule has 0 saturated carbocycles. The van der Waals surface area contributed by atoms with E-state index in [0.717, 1.165) is 5.39 Å². The quantitative estimate of drug-likeness (QED) is 0.865. The minimum absolute atomic E-state index is 0.0654. The average molecular weight is 254 g/mol. The molecular formula is C15H14N2O2. The molecule has 2 aromatic carbocycles. The van der Waals surface area contributed by atoms with Crippen LogP contribution in [0.5, 0.6) is 5.75 Å². The summed E-state index contributed by atoms with van der Waals surface area (Å²) in [6.45, 7) is 3.20. The molecule has 0 radical (unpaired) electrons. The van der Waals surface area contributed by atoms with Gasteiger partial charge in [0.25, 0.3) is 5.91 Å². The van der Waals surface area contributed by atoms with E-state index < -0.39 is 11.4 Å². The van der Waals surface area contributed by atoms with E-state index in [-0.39, 0.29) is 11.3 Å². The van der Waals surface area contributed by atoms with E-state index in [4.69, 9.17) is 5.26 Å². The lowest BCUT2D eigenvalue weighted by Crippen LogP contribution is -2.42. The highest BCUT2D eigenvalue weighted by Gasteiger charge is 2.22. The third-order valence-electron chi connectivity index (χ3n) is 2.85. The van der Waals surface area contributed by atoms with E-state index in [0.29, 0.717) is 5.39 Å². The Morgan fingerprint density at radius 3 is 2.63 bits per heavy atom. The predicted molar refractivity (Wildman–Crippen MR) is 72.8 cm³/mol. The molecule has 4 nitrogen and oxygen atoms in total. The first-order valence-electron chi connectivity index (χ1n) is 5.89. The van der Waals surface area contributed by atoms with E-state index in [1.165, 1.54) is 0 Å². The van der Waals surface area contributed by atoms with Gasteiger partial charge in [-0.1, -0.05) is 30.3 Å². The number of aromatic hydroxyl groups is 1. The summed E-state index contributed by atoms with van der Waals surface area (Å²) in [6, 6.07) is 12.6. The number of carbonyl (C=O) groups is 1. The van der Waals surface area contributed by atoms with Gasteiger partial charge in [-0.15, -0.1) is 0 Å². The van der Waals surface area contributed by atoms with Crippen LogP contribution in [0.1, 0.15) is 24.2 Å². The fourth-order valence-electron chi connectivity index (χ4n) is 1.82. The van der Waals surface area contributed by atoms with Crippen molar-refractivity contribution < 1.29 is 9.90 Å². The van der Waals surface area contributed by atoms with Crippen LogP contribution in [0, 0.1) is 11.3 Å². The monoisotopic (exact) mass is 254 g/mol. The number of amides is 1. The summed E-state index contributed by atoms with van der Waals surface area (Å²) in [5, 5.41) is 23.1. The number of hydrogen-bond donors (Lipinski definition) is 2. The van der Waals surface area contributed by atoms with E-state index in [1.54, 1.807) is 38.1 Å². The van der Waals surface area contributed by atoms with E-state index in [1.807, 2.05) is 18.2 Å². The molecule has 0 aliphatic heterocycles. The number of phenolic OH excluding ortho intramolecular Hbond substituents is 1. The first-order valence-corrected chi connectivity index (χ1v) is 5.89. The second kappa shape index (κ2) is 4.62. The summed E-state index contributed by atoms with van der Waals surface area (Å²) in [4.78, 5) is 12.1. The zero-order chi connectivity index (χ0) is 14.0. The topological polar surface area (TPSA) is 73.1 Å². The van der Waals surface area contributed by atoms with Crippen molar-refractivity contribution in [2.45, 2.75) is 19.4 Å². The van der Waals surface area contributed by atoms with Crippen LogP contribution >= 0.6 is 0 Å². The zero-order valence-corrected chi connectivity index (χ0v) is 10.8. The number of hydrogen-bond acceptors (Lipinski definition) is 3. The van der Waals surface area contributed by atoms with Gasteiger partial charge in [0, 0.05) is 5.39 Å². The number of nitrogens with one attached hydrogen (secondary N) is 1. The van der Waals surface area contributed by atoms with Crippen LogP contribution in [-0.4, -0.2) is 16.6 Å². The van der Waals surface area contributed by atoms with Gasteiger partial charge >= 0.3 is 0 Å². The Bertz CT molecular complexity index is 684. The summed E-state index contributed by atoms with van der Waals surface area (Å²) in [7, 11) is 0. The van der Waals surface area contributed by atoms with Crippen molar-refractivity contribution in [3.8, 4) is 11.8 Å². The van der Waals surface area contributed by atoms with Crippen molar-refractivity contribution in [3.63, 3.8) is 0 Å². The largest absolute Gasteiger partial charge is 0.506 e. The highest BCUT2D eigenvalue weighted by Crippen LogP contribution is 2.28. The lowest BCUT2D eigenvalue weighted by Gasteiger charge is -2.18. The van der Waals surface area contributed by atoms with Crippen molar-refractivity contribution in [1.82, 2.24) is 5.32 Å². The van der Waals surface area contributed by atoms with Gasteiger partial charge in [0.1, 0.15) is 11.3 Å². The molecule has 96 valence electrons. The molecule has 0 aromatic heterocycles. The molecule has 0 fully saturated rings. The molecule has 0 unspecified atom stereocenters. The number of nitrogens with zero attached hydrogens (tertiary/aromatic N) is 1. The molecule has 0 saturated heterocycles. The molecular weight excluding hydrogens is 240 g/mol. The molecule has 0 heterocycles. The van der Waals surface area contributed by atoms with Gasteiger partial charge in [-0.25, -0.2) is 0 Å². The first kappa shape index (κ1) is 12.9. The highest BCUT2D eigenvalue weighted by molar-refractivity contribution is 6.03. The van der Waals surface area contributed by atoms with Gasteiger partial charge in [0.2, 0.25) is 0 Å². The maximum absolute atomic E-state index is 12.1. The summed E-state index contributed by atoms with van der Waals surface area (Å²) in [6.07, 6.45) is 0. The van der Waals surface area contributed by atoms with E-state index >= 15 is 0 Å². The second-order valence-corrected chi connectivity index (χ2v) is 4.87. The van der Waals surface area contributed by atoms with Crippen LogP contribution in [-0.2, 0) is 0 Å². The van der Waals surface area contributed by atoms with Gasteiger partial charge in [-0.05, 0) is 25.3 Å². The summed E-state index contributed by atoms with van der Waals surface area (Å²) < 4.78 is 0. The van der Waals surface area contributed by atoms with Gasteiger partial charge in [0.15, 0.2) is 0 Å². The minimum Gasteiger partial charge on any atom is -0.506 e. The van der Waals surface area contributed by atoms with E-state index in [9.17, 15) is 9.90 Å². The Balaban J connectivity index is 2.44. The van der Waals surface area contributed by atoms with Crippen LogP contribution in [0.15, 0.2) is 36.4 Å². The number of fused-ring (bicyclic) bond motifs is 1. The van der Waals surface area contributed by atoms with Crippen LogP contribution in [0.25, 0.3) is 10.8 Å². The minimum atomic E-state index is -0.977. The number of phenols is 1. The zero-order valence-electron chi connectivity index (χ0n) is 10.8. The molecule has 19 heavy (non-hydrogen) atoms. The molecule has 2 rings (SSSR count). The van der Waals surface area contributed by atoms with Crippen LogP contribution in [0.3, 0.4) is 0 Å². The maximum Gasteiger partial charge on any atom is 0.256 e. The molecule has 2 N–H and O–H groups in total. The third kappa shape index (κ3) is 2.50. The lowest BCUT2D eigenvalue weighted by atomic mass is 10.0. The second-order valence-electron chi connectivity index (χ2n) is 4.87. The molecule has 0 aliphatic rings. The van der Waals surface area contributed by atoms with Crippen LogP contribution < -0.4 is 5.32 Å². The fraction of sp³-hybridized carbons (Fsp3) is 0.200. The van der Waals surface area contributed by atoms with Gasteiger partial charge < -0.3 is 10.4 Å². The smallest absolute Gasteiger partial charge is 0.256 e. The first-order chi connectivity index (χ1) is 8.94. The molecule has 0 aliphatic carbocycles. The lowest BCUT2D eigenvalue weighted by molar-refractivity contribution is 0.0927. The molecule has 4 heteroatoms. The standard InChI is InChI=1S/C15H14N2O2/c1-15(2,9-16)17-14(19)12-8-7-10-5-3-4-6-11(10)13(12)18/h3-8,18H,1-2H3,(H,17,19). The van der Waals surface area contributed by atoms with Gasteiger partial charge in [-0.3, -0.25) is 4.79 Å². The average Bonchev–Trinajstić information content (AvgIpc) is 2.39. The molecule has 0 atom stereocenters. The van der Waals surface area contributed by atoms with Gasteiger partial charge in [0.05, 0.1) is 11.6 Å². The highest BCUT2D eigenvalue weighted by atomic mass is 16.3. The van der Waals surface area contributed by atoms with E-state index in [2.05, 4.69) is 5.32 Å². The molecule has 0 spiro atoms. The summed E-state index contributed by atoms with van der Waals surface area (Å²) >= 11 is 0. The number of rotatable bonds is 2. The summed E-state index contributed by atoms with van der Waals surface area (Å²) in [5.74, 6) is -0.529. The Kier molecular flexibility index (Phi) is 3.14. The Hall–Kier alpha value is -2.54. The Labute approximate surface area is 111 Å². The molecule has 1 amide bonds. The summed E-state index contributed by atoms with van der Waals surface area (Å²) in [5.41, 5.74) is -0.808. The maximum atomic E-state index is 12.1. The van der Waals surface area contributed by atoms with Crippen molar-refractivity contribution in [1.29, 1.82) is 5.26 Å². The molecule has 2 aromatic rings. The van der Waals surface area contributed by atoms with Gasteiger partial charge in [-0.2, -0.15) is 5.26 Å². The number of nitriles is 1. The SMILES string of the molecule is CC(C)(C#N)NC(=O)c1ccc2ccccc2c1O. The van der Waals surface area contributed by atoms with Crippen molar-refractivity contribution >= 4 is 16.7 Å². The van der Waals surface area contributed by atoms with Crippen molar-refractivity contribution in [2.75, 3.05) is 0 Å². The Morgan fingerprint density at radius 1 is 1.26 bits per heavy atom. The van der Waals surface area contributed by atoms with Crippen molar-refractivity contribution in [3.05, 3.63) is 42.0 Å².